The molecule has 0 saturated carbocycles. The first kappa shape index (κ1) is 15.9. The van der Waals surface area contributed by atoms with Crippen LogP contribution in [0.2, 0.25) is 0 Å². The van der Waals surface area contributed by atoms with Crippen LogP contribution in [0.25, 0.3) is 0 Å². The van der Waals surface area contributed by atoms with E-state index in [-0.39, 0.29) is 23.0 Å². The fraction of sp³-hybridized carbons (Fsp3) is 0.438. The molecule has 2 amide bonds. The third kappa shape index (κ3) is 3.19. The number of fused-ring (bicyclic) bond motifs is 1. The molecule has 0 radical (unpaired) electrons. The molecule has 6 nitrogen and oxygen atoms in total. The van der Waals surface area contributed by atoms with Crippen molar-refractivity contribution in [2.75, 3.05) is 18.4 Å². The van der Waals surface area contributed by atoms with Crippen molar-refractivity contribution in [1.29, 1.82) is 0 Å². The molecule has 0 bridgehead atoms. The standard InChI is InChI=1S/C16H18N2O4S/c1-9-14(19)17-12-8-11(2-3-13(12)23-9)15(20)18-6-4-10(5-7-18)16(21)22/h2-3,8-10H,4-7H2,1H3,(H,17,19)(H,21,22)/t9-/m1/s1. The van der Waals surface area contributed by atoms with Crippen LogP contribution in [0.1, 0.15) is 30.1 Å². The molecule has 1 aromatic carbocycles. The summed E-state index contributed by atoms with van der Waals surface area (Å²) >= 11 is 1.48. The molecule has 3 rings (SSSR count). The van der Waals surface area contributed by atoms with E-state index in [4.69, 9.17) is 5.11 Å². The van der Waals surface area contributed by atoms with E-state index < -0.39 is 5.97 Å². The zero-order chi connectivity index (χ0) is 16.6. The van der Waals surface area contributed by atoms with Crippen molar-refractivity contribution < 1.29 is 19.5 Å². The normalized spacial score (nSPS) is 21.5. The quantitative estimate of drug-likeness (QED) is 0.864. The molecule has 2 aliphatic heterocycles. The topological polar surface area (TPSA) is 86.7 Å². The number of anilines is 1. The molecular formula is C16H18N2O4S. The number of aliphatic carboxylic acids is 1. The number of carboxylic acids is 1. The Bertz CT molecular complexity index is 668. The van der Waals surface area contributed by atoms with Crippen LogP contribution in [-0.4, -0.2) is 46.1 Å². The van der Waals surface area contributed by atoms with Gasteiger partial charge in [-0.1, -0.05) is 0 Å². The van der Waals surface area contributed by atoms with Gasteiger partial charge < -0.3 is 15.3 Å². The predicted octanol–water partition coefficient (Wildman–Crippen LogP) is 2.06. The SMILES string of the molecule is C[C@H]1Sc2ccc(C(=O)N3CCC(C(=O)O)CC3)cc2NC1=O. The fourth-order valence-electron chi connectivity index (χ4n) is 2.85. The van der Waals surface area contributed by atoms with Crippen molar-refractivity contribution in [3.05, 3.63) is 23.8 Å². The van der Waals surface area contributed by atoms with Gasteiger partial charge >= 0.3 is 5.97 Å². The molecule has 7 heteroatoms. The average molecular weight is 334 g/mol. The van der Waals surface area contributed by atoms with E-state index in [2.05, 4.69) is 5.32 Å². The van der Waals surface area contributed by atoms with E-state index >= 15 is 0 Å². The van der Waals surface area contributed by atoms with Gasteiger partial charge in [-0.2, -0.15) is 0 Å². The van der Waals surface area contributed by atoms with E-state index in [0.29, 0.717) is 37.2 Å². The first-order valence-electron chi connectivity index (χ1n) is 7.59. The van der Waals surface area contributed by atoms with Crippen molar-refractivity contribution in [2.45, 2.75) is 29.9 Å². The second kappa shape index (κ2) is 6.23. The van der Waals surface area contributed by atoms with Crippen molar-refractivity contribution in [3.63, 3.8) is 0 Å². The third-order valence-electron chi connectivity index (χ3n) is 4.29. The van der Waals surface area contributed by atoms with Gasteiger partial charge in [0.05, 0.1) is 16.9 Å². The molecule has 2 aliphatic rings. The minimum atomic E-state index is -0.792. The molecule has 1 aromatic rings. The molecule has 122 valence electrons. The van der Waals surface area contributed by atoms with Crippen molar-refractivity contribution in [2.24, 2.45) is 5.92 Å². The monoisotopic (exact) mass is 334 g/mol. The van der Waals surface area contributed by atoms with Gasteiger partial charge in [0.1, 0.15) is 0 Å². The fourth-order valence-corrected chi connectivity index (χ4v) is 3.78. The highest BCUT2D eigenvalue weighted by molar-refractivity contribution is 8.00. The molecule has 1 atom stereocenters. The Hall–Kier alpha value is -2.02. The summed E-state index contributed by atoms with van der Waals surface area (Å²) in [6.45, 7) is 2.74. The summed E-state index contributed by atoms with van der Waals surface area (Å²) in [5, 5.41) is 11.7. The van der Waals surface area contributed by atoms with Gasteiger partial charge in [0.2, 0.25) is 5.91 Å². The Labute approximate surface area is 138 Å². The number of rotatable bonds is 2. The highest BCUT2D eigenvalue weighted by Crippen LogP contribution is 2.36. The smallest absolute Gasteiger partial charge is 0.306 e. The molecule has 2 N–H and O–H groups in total. The summed E-state index contributed by atoms with van der Waals surface area (Å²) in [6.07, 6.45) is 0.965. The lowest BCUT2D eigenvalue weighted by Crippen LogP contribution is -2.40. The second-order valence-electron chi connectivity index (χ2n) is 5.86. The van der Waals surface area contributed by atoms with Gasteiger partial charge in [0, 0.05) is 23.5 Å². The maximum atomic E-state index is 12.6. The van der Waals surface area contributed by atoms with Crippen LogP contribution >= 0.6 is 11.8 Å². The highest BCUT2D eigenvalue weighted by atomic mass is 32.2. The Morgan fingerprint density at radius 2 is 2.00 bits per heavy atom. The number of amides is 2. The molecule has 0 unspecified atom stereocenters. The number of thioether (sulfide) groups is 1. The van der Waals surface area contributed by atoms with Crippen LogP contribution in [0.15, 0.2) is 23.1 Å². The van der Waals surface area contributed by atoms with E-state index in [0.717, 1.165) is 4.90 Å². The Morgan fingerprint density at radius 3 is 2.65 bits per heavy atom. The minimum Gasteiger partial charge on any atom is -0.481 e. The van der Waals surface area contributed by atoms with Crippen LogP contribution in [-0.2, 0) is 9.59 Å². The lowest BCUT2D eigenvalue weighted by Gasteiger charge is -2.30. The number of nitrogens with zero attached hydrogens (tertiary/aromatic N) is 1. The second-order valence-corrected chi connectivity index (χ2v) is 7.25. The number of piperidine rings is 1. The van der Waals surface area contributed by atoms with Gasteiger partial charge in [-0.3, -0.25) is 14.4 Å². The van der Waals surface area contributed by atoms with Gasteiger partial charge in [-0.05, 0) is 38.0 Å². The average Bonchev–Trinajstić information content (AvgIpc) is 2.55. The summed E-state index contributed by atoms with van der Waals surface area (Å²) in [5.74, 6) is -1.33. The van der Waals surface area contributed by atoms with Crippen molar-refractivity contribution in [1.82, 2.24) is 4.90 Å². The largest absolute Gasteiger partial charge is 0.481 e. The summed E-state index contributed by atoms with van der Waals surface area (Å²) in [7, 11) is 0. The predicted molar refractivity (Wildman–Crippen MR) is 86.7 cm³/mol. The number of likely N-dealkylation sites (tertiary alicyclic amines) is 1. The lowest BCUT2D eigenvalue weighted by molar-refractivity contribution is -0.143. The molecule has 2 heterocycles. The van der Waals surface area contributed by atoms with Crippen molar-refractivity contribution in [3.8, 4) is 0 Å². The molecule has 1 fully saturated rings. The number of nitrogens with one attached hydrogen (secondary N) is 1. The number of carbonyl (C=O) groups is 3. The molecule has 0 aromatic heterocycles. The van der Waals surface area contributed by atoms with Crippen LogP contribution in [0.3, 0.4) is 0 Å². The van der Waals surface area contributed by atoms with E-state index in [9.17, 15) is 14.4 Å². The van der Waals surface area contributed by atoms with Crippen LogP contribution in [0, 0.1) is 5.92 Å². The molecule has 0 aliphatic carbocycles. The number of benzene rings is 1. The first-order valence-corrected chi connectivity index (χ1v) is 8.47. The Kier molecular flexibility index (Phi) is 4.30. The lowest BCUT2D eigenvalue weighted by atomic mass is 9.96. The molecule has 1 saturated heterocycles. The van der Waals surface area contributed by atoms with Gasteiger partial charge in [-0.15, -0.1) is 11.8 Å². The molecular weight excluding hydrogens is 316 g/mol. The number of carbonyl (C=O) groups excluding carboxylic acids is 2. The highest BCUT2D eigenvalue weighted by Gasteiger charge is 2.29. The number of carboxylic acid groups (broad SMARTS) is 1. The number of hydrogen-bond donors (Lipinski definition) is 2. The summed E-state index contributed by atoms with van der Waals surface area (Å²) in [4.78, 5) is 37.9. The zero-order valence-electron chi connectivity index (χ0n) is 12.7. The maximum absolute atomic E-state index is 12.6. The van der Waals surface area contributed by atoms with Gasteiger partial charge in [-0.25, -0.2) is 0 Å². The Morgan fingerprint density at radius 1 is 1.30 bits per heavy atom. The summed E-state index contributed by atoms with van der Waals surface area (Å²) in [5.41, 5.74) is 1.19. The minimum absolute atomic E-state index is 0.0608. The molecule has 0 spiro atoms. The van der Waals surface area contributed by atoms with Gasteiger partial charge in [0.15, 0.2) is 0 Å². The summed E-state index contributed by atoms with van der Waals surface area (Å²) < 4.78 is 0. The number of hydrogen-bond acceptors (Lipinski definition) is 4. The maximum Gasteiger partial charge on any atom is 0.306 e. The van der Waals surface area contributed by atoms with Crippen molar-refractivity contribution >= 4 is 35.2 Å². The van der Waals surface area contributed by atoms with Crippen LogP contribution < -0.4 is 5.32 Å². The van der Waals surface area contributed by atoms with E-state index in [1.54, 1.807) is 17.0 Å². The zero-order valence-corrected chi connectivity index (χ0v) is 13.6. The summed E-state index contributed by atoms with van der Waals surface area (Å²) in [6, 6.07) is 5.33. The van der Waals surface area contributed by atoms with E-state index in [1.807, 2.05) is 13.0 Å². The van der Waals surface area contributed by atoms with E-state index in [1.165, 1.54) is 11.8 Å². The third-order valence-corrected chi connectivity index (χ3v) is 5.47. The van der Waals surface area contributed by atoms with Gasteiger partial charge in [0.25, 0.3) is 5.91 Å². The Balaban J connectivity index is 1.73. The first-order chi connectivity index (χ1) is 11.0. The van der Waals surface area contributed by atoms with Crippen LogP contribution in [0.4, 0.5) is 5.69 Å². The van der Waals surface area contributed by atoms with Crippen LogP contribution in [0.5, 0.6) is 0 Å². The molecule has 23 heavy (non-hydrogen) atoms.